The normalized spacial score (nSPS) is 11.7. The van der Waals surface area contributed by atoms with Gasteiger partial charge in [0.2, 0.25) is 0 Å². The number of rotatable bonds is 5. The van der Waals surface area contributed by atoms with Gasteiger partial charge in [0.15, 0.2) is 0 Å². The van der Waals surface area contributed by atoms with E-state index in [0.29, 0.717) is 0 Å². The highest BCUT2D eigenvalue weighted by molar-refractivity contribution is 8.00. The first-order valence-corrected chi connectivity index (χ1v) is 6.71. The average Bonchev–Trinajstić information content (AvgIpc) is 2.62. The fourth-order valence-corrected chi connectivity index (χ4v) is 2.89. The number of hydrogen-bond donors (Lipinski definition) is 1. The second kappa shape index (κ2) is 5.03. The molecule has 0 saturated carbocycles. The van der Waals surface area contributed by atoms with Crippen LogP contribution in [0.1, 0.15) is 30.5 Å². The minimum absolute atomic E-state index is 0.698. The Morgan fingerprint density at radius 1 is 1.47 bits per heavy atom. The van der Waals surface area contributed by atoms with E-state index in [-0.39, 0.29) is 0 Å². The van der Waals surface area contributed by atoms with Gasteiger partial charge in [-0.3, -0.25) is 4.79 Å². The molecule has 0 aliphatic heterocycles. The Hall–Kier alpha value is -0.480. The molecule has 0 radical (unpaired) electrons. The van der Waals surface area contributed by atoms with Gasteiger partial charge >= 0.3 is 5.97 Å². The van der Waals surface area contributed by atoms with Gasteiger partial charge < -0.3 is 5.11 Å². The molecule has 0 unspecified atom stereocenters. The van der Waals surface area contributed by atoms with Crippen molar-refractivity contribution in [1.82, 2.24) is 0 Å². The average molecular weight is 244 g/mol. The number of carboxylic acid groups (broad SMARTS) is 1. The molecule has 0 bridgehead atoms. The Labute approximate surface area is 98.7 Å². The summed E-state index contributed by atoms with van der Waals surface area (Å²) < 4.78 is -0.698. The monoisotopic (exact) mass is 244 g/mol. The standard InChI is InChI=1S/C11H16O2S2/c1-4-8-5-6-9(15-8)7-14-11(2,3)10(12)13/h5-6H,4,7H2,1-3H3,(H,12,13). The molecule has 0 aliphatic carbocycles. The van der Waals surface area contributed by atoms with Crippen LogP contribution in [0.4, 0.5) is 0 Å². The second-order valence-electron chi connectivity index (χ2n) is 3.83. The van der Waals surface area contributed by atoms with Gasteiger partial charge in [0.25, 0.3) is 0 Å². The van der Waals surface area contributed by atoms with Crippen LogP contribution < -0.4 is 0 Å². The molecule has 0 fully saturated rings. The van der Waals surface area contributed by atoms with Crippen molar-refractivity contribution in [3.63, 3.8) is 0 Å². The summed E-state index contributed by atoms with van der Waals surface area (Å²) in [6, 6.07) is 4.21. The summed E-state index contributed by atoms with van der Waals surface area (Å²) in [5.74, 6) is 0.0315. The zero-order valence-electron chi connectivity index (χ0n) is 9.24. The van der Waals surface area contributed by atoms with E-state index < -0.39 is 10.7 Å². The highest BCUT2D eigenvalue weighted by Crippen LogP contribution is 2.30. The lowest BCUT2D eigenvalue weighted by atomic mass is 10.2. The van der Waals surface area contributed by atoms with Crippen LogP contribution in [-0.2, 0) is 17.0 Å². The number of carbonyl (C=O) groups is 1. The maximum Gasteiger partial charge on any atom is 0.319 e. The highest BCUT2D eigenvalue weighted by Gasteiger charge is 2.27. The topological polar surface area (TPSA) is 37.3 Å². The van der Waals surface area contributed by atoms with Crippen LogP contribution in [0.15, 0.2) is 12.1 Å². The first kappa shape index (κ1) is 12.6. The quantitative estimate of drug-likeness (QED) is 0.862. The van der Waals surface area contributed by atoms with Gasteiger partial charge in [0, 0.05) is 15.5 Å². The second-order valence-corrected chi connectivity index (χ2v) is 6.68. The van der Waals surface area contributed by atoms with E-state index in [4.69, 9.17) is 5.11 Å². The zero-order chi connectivity index (χ0) is 11.5. The van der Waals surface area contributed by atoms with Crippen LogP contribution in [0, 0.1) is 0 Å². The van der Waals surface area contributed by atoms with Gasteiger partial charge in [-0.2, -0.15) is 0 Å². The lowest BCUT2D eigenvalue weighted by molar-refractivity contribution is -0.138. The molecule has 1 aromatic heterocycles. The molecule has 0 saturated heterocycles. The van der Waals surface area contributed by atoms with Gasteiger partial charge in [-0.05, 0) is 32.4 Å². The fourth-order valence-electron chi connectivity index (χ4n) is 1.00. The Morgan fingerprint density at radius 3 is 2.53 bits per heavy atom. The van der Waals surface area contributed by atoms with Crippen molar-refractivity contribution in [2.24, 2.45) is 0 Å². The summed E-state index contributed by atoms with van der Waals surface area (Å²) in [4.78, 5) is 13.5. The molecule has 1 rings (SSSR count). The molecule has 0 aliphatic rings. The van der Waals surface area contributed by atoms with Crippen molar-refractivity contribution in [3.05, 3.63) is 21.9 Å². The highest BCUT2D eigenvalue weighted by atomic mass is 32.2. The number of aryl methyl sites for hydroxylation is 1. The van der Waals surface area contributed by atoms with Gasteiger partial charge in [-0.1, -0.05) is 6.92 Å². The summed E-state index contributed by atoms with van der Waals surface area (Å²) in [5.41, 5.74) is 0. The third-order valence-electron chi connectivity index (χ3n) is 2.16. The van der Waals surface area contributed by atoms with Crippen LogP contribution in [0.2, 0.25) is 0 Å². The molecule has 1 aromatic rings. The van der Waals surface area contributed by atoms with E-state index in [0.717, 1.165) is 12.2 Å². The van der Waals surface area contributed by atoms with Gasteiger partial charge in [-0.25, -0.2) is 0 Å². The third kappa shape index (κ3) is 3.54. The van der Waals surface area contributed by atoms with Gasteiger partial charge in [0.05, 0.1) is 0 Å². The van der Waals surface area contributed by atoms with Gasteiger partial charge in [0.1, 0.15) is 4.75 Å². The van der Waals surface area contributed by atoms with E-state index in [9.17, 15) is 4.79 Å². The molecule has 4 heteroatoms. The van der Waals surface area contributed by atoms with Crippen LogP contribution in [-0.4, -0.2) is 15.8 Å². The summed E-state index contributed by atoms with van der Waals surface area (Å²) >= 11 is 3.25. The van der Waals surface area contributed by atoms with Crippen LogP contribution >= 0.6 is 23.1 Å². The molecule has 1 heterocycles. The molecular weight excluding hydrogens is 228 g/mol. The summed E-state index contributed by atoms with van der Waals surface area (Å²) in [6.45, 7) is 5.62. The van der Waals surface area contributed by atoms with Crippen LogP contribution in [0.5, 0.6) is 0 Å². The third-order valence-corrected chi connectivity index (χ3v) is 4.92. The molecule has 0 spiro atoms. The molecule has 15 heavy (non-hydrogen) atoms. The number of hydrogen-bond acceptors (Lipinski definition) is 3. The summed E-state index contributed by atoms with van der Waals surface area (Å²) in [6.07, 6.45) is 1.05. The largest absolute Gasteiger partial charge is 0.480 e. The first-order valence-electron chi connectivity index (χ1n) is 4.90. The van der Waals surface area contributed by atoms with Crippen molar-refractivity contribution in [2.45, 2.75) is 37.7 Å². The lowest BCUT2D eigenvalue weighted by Crippen LogP contribution is -2.27. The van der Waals surface area contributed by atoms with Crippen molar-refractivity contribution in [1.29, 1.82) is 0 Å². The van der Waals surface area contributed by atoms with E-state index in [1.165, 1.54) is 21.5 Å². The number of thiophene rings is 1. The van der Waals surface area contributed by atoms with Crippen molar-refractivity contribution in [2.75, 3.05) is 0 Å². The minimum atomic E-state index is -0.750. The molecule has 0 atom stereocenters. The maximum absolute atomic E-state index is 10.9. The Kier molecular flexibility index (Phi) is 4.22. The van der Waals surface area contributed by atoms with Gasteiger partial charge in [-0.15, -0.1) is 23.1 Å². The van der Waals surface area contributed by atoms with E-state index in [1.807, 2.05) is 0 Å². The number of carboxylic acids is 1. The summed E-state index contributed by atoms with van der Waals surface area (Å²) in [7, 11) is 0. The first-order chi connectivity index (χ1) is 6.95. The SMILES string of the molecule is CCc1ccc(CSC(C)(C)C(=O)O)s1. The minimum Gasteiger partial charge on any atom is -0.480 e. The zero-order valence-corrected chi connectivity index (χ0v) is 10.9. The fraction of sp³-hybridized carbons (Fsp3) is 0.545. The Bertz CT molecular complexity index is 342. The number of aliphatic carboxylic acids is 1. The lowest BCUT2D eigenvalue weighted by Gasteiger charge is -2.17. The predicted molar refractivity (Wildman–Crippen MR) is 66.7 cm³/mol. The Balaban J connectivity index is 2.53. The Morgan fingerprint density at radius 2 is 2.07 bits per heavy atom. The van der Waals surface area contributed by atoms with E-state index >= 15 is 0 Å². The van der Waals surface area contributed by atoms with E-state index in [2.05, 4.69) is 19.1 Å². The van der Waals surface area contributed by atoms with Crippen LogP contribution in [0.25, 0.3) is 0 Å². The van der Waals surface area contributed by atoms with Crippen LogP contribution in [0.3, 0.4) is 0 Å². The molecule has 2 nitrogen and oxygen atoms in total. The molecule has 0 aromatic carbocycles. The maximum atomic E-state index is 10.9. The number of thioether (sulfide) groups is 1. The molecular formula is C11H16O2S2. The van der Waals surface area contributed by atoms with Crippen molar-refractivity contribution < 1.29 is 9.90 Å². The molecule has 1 N–H and O–H groups in total. The van der Waals surface area contributed by atoms with Crippen molar-refractivity contribution in [3.8, 4) is 0 Å². The molecule has 84 valence electrons. The van der Waals surface area contributed by atoms with Crippen molar-refractivity contribution >= 4 is 29.1 Å². The van der Waals surface area contributed by atoms with E-state index in [1.54, 1.807) is 25.2 Å². The smallest absolute Gasteiger partial charge is 0.319 e. The summed E-state index contributed by atoms with van der Waals surface area (Å²) in [5, 5.41) is 8.95. The predicted octanol–water partition coefficient (Wildman–Crippen LogP) is 3.41. The molecule has 0 amide bonds.